The molecule has 0 spiro atoms. The number of methoxy groups -OCH3 is 1. The molecule has 0 aliphatic rings. The van der Waals surface area contributed by atoms with Crippen molar-refractivity contribution >= 4 is 29.2 Å². The molecule has 0 aromatic carbocycles. The number of hydrogen-bond donors (Lipinski definition) is 2. The lowest BCUT2D eigenvalue weighted by molar-refractivity contribution is -0.116. The zero-order valence-corrected chi connectivity index (χ0v) is 17.2. The van der Waals surface area contributed by atoms with Gasteiger partial charge in [-0.15, -0.1) is 10.2 Å². The van der Waals surface area contributed by atoms with E-state index in [2.05, 4.69) is 15.2 Å². The molecular formula is C16H25N7O4S. The molecule has 12 heteroatoms. The molecule has 0 atom stereocenters. The number of amides is 1. The van der Waals surface area contributed by atoms with Crippen LogP contribution >= 0.6 is 11.8 Å². The van der Waals surface area contributed by atoms with Crippen molar-refractivity contribution in [3.63, 3.8) is 0 Å². The van der Waals surface area contributed by atoms with Crippen molar-refractivity contribution in [1.29, 1.82) is 0 Å². The van der Waals surface area contributed by atoms with E-state index in [0.717, 1.165) is 0 Å². The normalized spacial score (nSPS) is 11.2. The monoisotopic (exact) mass is 411 g/mol. The highest BCUT2D eigenvalue weighted by Crippen LogP contribution is 2.20. The molecule has 3 N–H and O–H groups in total. The predicted octanol–water partition coefficient (Wildman–Crippen LogP) is -0.325. The van der Waals surface area contributed by atoms with Gasteiger partial charge in [0.25, 0.3) is 5.56 Å². The van der Waals surface area contributed by atoms with Crippen LogP contribution in [-0.4, -0.2) is 56.2 Å². The number of nitrogens with zero attached hydrogens (tertiary/aromatic N) is 5. The van der Waals surface area contributed by atoms with E-state index in [4.69, 9.17) is 10.5 Å². The molecule has 2 aromatic heterocycles. The van der Waals surface area contributed by atoms with Crippen LogP contribution in [0.1, 0.15) is 13.8 Å². The van der Waals surface area contributed by atoms with Crippen molar-refractivity contribution in [2.24, 2.45) is 13.0 Å². The summed E-state index contributed by atoms with van der Waals surface area (Å²) >= 11 is 1.18. The Morgan fingerprint density at radius 2 is 2.14 bits per heavy atom. The zero-order chi connectivity index (χ0) is 20.8. The van der Waals surface area contributed by atoms with Gasteiger partial charge in [-0.2, -0.15) is 0 Å². The molecule has 0 saturated heterocycles. The first-order valence-corrected chi connectivity index (χ1v) is 9.63. The Morgan fingerprint density at radius 1 is 1.43 bits per heavy atom. The number of carbonyl (C=O) groups is 1. The Hall–Kier alpha value is -2.60. The second-order valence-electron chi connectivity index (χ2n) is 6.55. The van der Waals surface area contributed by atoms with Gasteiger partial charge in [0.2, 0.25) is 5.91 Å². The first kappa shape index (κ1) is 21.7. The van der Waals surface area contributed by atoms with Crippen molar-refractivity contribution < 1.29 is 9.53 Å². The number of nitrogen functional groups attached to an aromatic ring is 1. The van der Waals surface area contributed by atoms with E-state index < -0.39 is 11.2 Å². The summed E-state index contributed by atoms with van der Waals surface area (Å²) in [5.41, 5.74) is 4.76. The second-order valence-corrected chi connectivity index (χ2v) is 7.49. The largest absolute Gasteiger partial charge is 0.383 e. The Bertz CT molecular complexity index is 934. The van der Waals surface area contributed by atoms with Gasteiger partial charge < -0.3 is 19.9 Å². The highest BCUT2D eigenvalue weighted by atomic mass is 32.2. The average molecular weight is 411 g/mol. The van der Waals surface area contributed by atoms with Crippen LogP contribution in [0.2, 0.25) is 0 Å². The number of hydrogen-bond acceptors (Lipinski definition) is 8. The maximum Gasteiger partial charge on any atom is 0.330 e. The van der Waals surface area contributed by atoms with Crippen LogP contribution in [-0.2, 0) is 23.1 Å². The number of thioether (sulfide) groups is 1. The summed E-state index contributed by atoms with van der Waals surface area (Å²) in [6.45, 7) is 4.46. The van der Waals surface area contributed by atoms with Crippen LogP contribution < -0.4 is 21.9 Å². The summed E-state index contributed by atoms with van der Waals surface area (Å²) in [6, 6.07) is 0. The third kappa shape index (κ3) is 5.01. The SMILES string of the molecule is COCCN(C(=O)CSc1nncn1C)c1c(N)n(CC(C)C)c(=O)[nH]c1=O. The average Bonchev–Trinajstić information content (AvgIpc) is 3.04. The molecule has 154 valence electrons. The second kappa shape index (κ2) is 9.55. The number of aromatic nitrogens is 5. The maximum atomic E-state index is 12.9. The van der Waals surface area contributed by atoms with Gasteiger partial charge >= 0.3 is 5.69 Å². The number of H-pyrrole nitrogens is 1. The third-order valence-corrected chi connectivity index (χ3v) is 4.87. The molecule has 1 amide bonds. The van der Waals surface area contributed by atoms with E-state index in [0.29, 0.717) is 11.7 Å². The van der Waals surface area contributed by atoms with Gasteiger partial charge in [-0.3, -0.25) is 19.1 Å². The van der Waals surface area contributed by atoms with Crippen LogP contribution in [0, 0.1) is 5.92 Å². The standard InChI is InChI=1S/C16H25N7O4S/c1-10(2)7-23-13(17)12(14(25)19-15(23)26)22(5-6-27-4)11(24)8-28-16-20-18-9-21(16)3/h9-10H,5-8,17H2,1-4H3,(H,19,25,26). The quantitative estimate of drug-likeness (QED) is 0.535. The lowest BCUT2D eigenvalue weighted by atomic mass is 10.2. The fourth-order valence-electron chi connectivity index (χ4n) is 2.54. The van der Waals surface area contributed by atoms with Crippen molar-refractivity contribution in [1.82, 2.24) is 24.3 Å². The summed E-state index contributed by atoms with van der Waals surface area (Å²) in [5, 5.41) is 8.24. The maximum absolute atomic E-state index is 12.9. The number of carbonyl (C=O) groups excluding carboxylic acids is 1. The number of nitrogens with two attached hydrogens (primary N) is 1. The molecular weight excluding hydrogens is 386 g/mol. The molecule has 0 bridgehead atoms. The van der Waals surface area contributed by atoms with Crippen LogP contribution in [0.5, 0.6) is 0 Å². The smallest absolute Gasteiger partial charge is 0.330 e. The number of rotatable bonds is 9. The van der Waals surface area contributed by atoms with Gasteiger partial charge in [-0.25, -0.2) is 4.79 Å². The predicted molar refractivity (Wildman–Crippen MR) is 107 cm³/mol. The van der Waals surface area contributed by atoms with Gasteiger partial charge in [0.15, 0.2) is 10.8 Å². The van der Waals surface area contributed by atoms with Gasteiger partial charge in [0.05, 0.1) is 12.4 Å². The molecule has 0 saturated carbocycles. The van der Waals surface area contributed by atoms with Crippen LogP contribution in [0.4, 0.5) is 11.5 Å². The van der Waals surface area contributed by atoms with E-state index in [1.54, 1.807) is 11.6 Å². The summed E-state index contributed by atoms with van der Waals surface area (Å²) < 4.78 is 8.01. The summed E-state index contributed by atoms with van der Waals surface area (Å²) in [5.74, 6) is -0.278. The number of anilines is 2. The summed E-state index contributed by atoms with van der Waals surface area (Å²) in [6.07, 6.45) is 1.53. The fourth-order valence-corrected chi connectivity index (χ4v) is 3.30. The Morgan fingerprint density at radius 3 is 2.71 bits per heavy atom. The molecule has 2 rings (SSSR count). The van der Waals surface area contributed by atoms with E-state index in [-0.39, 0.29) is 42.2 Å². The summed E-state index contributed by atoms with van der Waals surface area (Å²) in [7, 11) is 3.25. The summed E-state index contributed by atoms with van der Waals surface area (Å²) in [4.78, 5) is 41.0. The third-order valence-electron chi connectivity index (χ3n) is 3.85. The lowest BCUT2D eigenvalue weighted by Crippen LogP contribution is -2.43. The van der Waals surface area contributed by atoms with E-state index in [1.807, 2.05) is 13.8 Å². The number of nitrogens with one attached hydrogen (secondary N) is 1. The van der Waals surface area contributed by atoms with Crippen molar-refractivity contribution in [3.8, 4) is 0 Å². The fraction of sp³-hybridized carbons (Fsp3) is 0.562. The number of aromatic amines is 1. The zero-order valence-electron chi connectivity index (χ0n) is 16.3. The first-order valence-electron chi connectivity index (χ1n) is 8.64. The van der Waals surface area contributed by atoms with Gasteiger partial charge in [-0.05, 0) is 5.92 Å². The highest BCUT2D eigenvalue weighted by molar-refractivity contribution is 7.99. The van der Waals surface area contributed by atoms with Crippen molar-refractivity contribution in [3.05, 3.63) is 27.2 Å². The van der Waals surface area contributed by atoms with E-state index >= 15 is 0 Å². The molecule has 0 aliphatic carbocycles. The molecule has 0 aliphatic heterocycles. The van der Waals surface area contributed by atoms with Crippen LogP contribution in [0.25, 0.3) is 0 Å². The molecule has 28 heavy (non-hydrogen) atoms. The number of ether oxygens (including phenoxy) is 1. The van der Waals surface area contributed by atoms with Crippen molar-refractivity contribution in [2.45, 2.75) is 25.5 Å². The topological polar surface area (TPSA) is 141 Å². The minimum Gasteiger partial charge on any atom is -0.383 e. The van der Waals surface area contributed by atoms with Gasteiger partial charge in [0, 0.05) is 27.2 Å². The Kier molecular flexibility index (Phi) is 7.40. The number of aryl methyl sites for hydroxylation is 1. The van der Waals surface area contributed by atoms with E-state index in [9.17, 15) is 14.4 Å². The lowest BCUT2D eigenvalue weighted by Gasteiger charge is -2.24. The minimum absolute atomic E-state index is 0.0123. The minimum atomic E-state index is -0.712. The van der Waals surface area contributed by atoms with Crippen molar-refractivity contribution in [2.75, 3.05) is 36.6 Å². The molecule has 0 radical (unpaired) electrons. The molecule has 2 heterocycles. The highest BCUT2D eigenvalue weighted by Gasteiger charge is 2.24. The Balaban J connectivity index is 2.38. The Labute approximate surface area is 165 Å². The van der Waals surface area contributed by atoms with Crippen LogP contribution in [0.3, 0.4) is 0 Å². The molecule has 11 nitrogen and oxygen atoms in total. The van der Waals surface area contributed by atoms with Crippen LogP contribution in [0.15, 0.2) is 21.1 Å². The molecule has 0 unspecified atom stereocenters. The first-order chi connectivity index (χ1) is 13.3. The van der Waals surface area contributed by atoms with E-state index in [1.165, 1.54) is 34.7 Å². The van der Waals surface area contributed by atoms with Gasteiger partial charge in [0.1, 0.15) is 12.1 Å². The molecule has 2 aromatic rings. The van der Waals surface area contributed by atoms with Gasteiger partial charge in [-0.1, -0.05) is 25.6 Å². The molecule has 0 fully saturated rings.